The summed E-state index contributed by atoms with van der Waals surface area (Å²) < 4.78 is 5.69. The van der Waals surface area contributed by atoms with Gasteiger partial charge in [-0.1, -0.05) is 20.3 Å². The van der Waals surface area contributed by atoms with Gasteiger partial charge < -0.3 is 20.5 Å². The van der Waals surface area contributed by atoms with Crippen LogP contribution in [0.4, 0.5) is 0 Å². The molecule has 5 heteroatoms. The largest absolute Gasteiger partial charge is 0.394 e. The van der Waals surface area contributed by atoms with Crippen molar-refractivity contribution < 1.29 is 14.6 Å². The second kappa shape index (κ2) is 5.99. The molecular weight excluding hydrogens is 232 g/mol. The summed E-state index contributed by atoms with van der Waals surface area (Å²) in [6, 6.07) is -0.469. The average molecular weight is 258 g/mol. The Bertz CT molecular complexity index is 294. The zero-order chi connectivity index (χ0) is 13.9. The Hall–Kier alpha value is -0.650. The van der Waals surface area contributed by atoms with Crippen molar-refractivity contribution in [3.8, 4) is 0 Å². The number of aliphatic hydroxyl groups is 1. The molecule has 1 aliphatic rings. The number of nitrogens with zero attached hydrogens (tertiary/aromatic N) is 1. The van der Waals surface area contributed by atoms with Crippen molar-refractivity contribution in [2.45, 2.75) is 51.9 Å². The van der Waals surface area contributed by atoms with E-state index in [0.717, 1.165) is 6.42 Å². The molecule has 1 aliphatic heterocycles. The van der Waals surface area contributed by atoms with Crippen LogP contribution in [0.3, 0.4) is 0 Å². The summed E-state index contributed by atoms with van der Waals surface area (Å²) in [7, 11) is 0. The lowest BCUT2D eigenvalue weighted by Gasteiger charge is -2.43. The van der Waals surface area contributed by atoms with Gasteiger partial charge in [0, 0.05) is 13.1 Å². The zero-order valence-electron chi connectivity index (χ0n) is 11.8. The van der Waals surface area contributed by atoms with E-state index in [1.165, 1.54) is 0 Å². The maximum absolute atomic E-state index is 12.3. The smallest absolute Gasteiger partial charge is 0.239 e. The molecule has 106 valence electrons. The first-order valence-electron chi connectivity index (χ1n) is 6.63. The maximum atomic E-state index is 12.3. The lowest BCUT2D eigenvalue weighted by Crippen LogP contribution is -2.59. The first-order valence-corrected chi connectivity index (χ1v) is 6.63. The fraction of sp³-hybridized carbons (Fsp3) is 0.923. The molecule has 1 fully saturated rings. The molecule has 18 heavy (non-hydrogen) atoms. The van der Waals surface area contributed by atoms with E-state index in [1.807, 2.05) is 27.7 Å². The van der Waals surface area contributed by atoms with Crippen molar-refractivity contribution in [1.29, 1.82) is 0 Å². The monoisotopic (exact) mass is 258 g/mol. The number of nitrogens with two attached hydrogens (primary N) is 1. The van der Waals surface area contributed by atoms with Gasteiger partial charge in [0.1, 0.15) is 0 Å². The predicted molar refractivity (Wildman–Crippen MR) is 70.0 cm³/mol. The molecular formula is C13H26N2O3. The van der Waals surface area contributed by atoms with Gasteiger partial charge in [0.2, 0.25) is 5.91 Å². The van der Waals surface area contributed by atoms with Crippen LogP contribution in [0.15, 0.2) is 0 Å². The van der Waals surface area contributed by atoms with Gasteiger partial charge in [-0.3, -0.25) is 4.79 Å². The minimum absolute atomic E-state index is 0.0424. The summed E-state index contributed by atoms with van der Waals surface area (Å²) in [6.45, 7) is 8.71. The van der Waals surface area contributed by atoms with Gasteiger partial charge in [-0.15, -0.1) is 0 Å². The molecule has 0 aromatic rings. The average Bonchev–Trinajstić information content (AvgIpc) is 2.33. The third-order valence-electron chi connectivity index (χ3n) is 3.54. The van der Waals surface area contributed by atoms with E-state index >= 15 is 0 Å². The van der Waals surface area contributed by atoms with E-state index < -0.39 is 11.6 Å². The molecule has 0 aliphatic carbocycles. The highest BCUT2D eigenvalue weighted by atomic mass is 16.5. The number of morpholine rings is 1. The van der Waals surface area contributed by atoms with Crippen LogP contribution in [0, 0.1) is 5.92 Å². The minimum Gasteiger partial charge on any atom is -0.394 e. The van der Waals surface area contributed by atoms with Crippen molar-refractivity contribution >= 4 is 5.91 Å². The Labute approximate surface area is 109 Å². The standard InChI is InChI=1S/C13H26N2O3/c1-5-9(2)11(14)12(17)15-6-10(7-16)18-13(3,4)8-15/h9-11,16H,5-8,14H2,1-4H3/t9?,10?,11-/m0/s1. The van der Waals surface area contributed by atoms with Crippen LogP contribution < -0.4 is 5.73 Å². The summed E-state index contributed by atoms with van der Waals surface area (Å²) in [4.78, 5) is 14.0. The van der Waals surface area contributed by atoms with Crippen molar-refractivity contribution in [2.24, 2.45) is 11.7 Å². The van der Waals surface area contributed by atoms with E-state index in [4.69, 9.17) is 10.5 Å². The molecule has 0 aromatic carbocycles. The van der Waals surface area contributed by atoms with E-state index in [1.54, 1.807) is 4.90 Å². The first-order chi connectivity index (χ1) is 8.30. The lowest BCUT2D eigenvalue weighted by atomic mass is 9.97. The van der Waals surface area contributed by atoms with Crippen LogP contribution in [0.1, 0.15) is 34.1 Å². The number of hydrogen-bond donors (Lipinski definition) is 2. The molecule has 0 aromatic heterocycles. The van der Waals surface area contributed by atoms with Crippen LogP contribution in [-0.4, -0.2) is 53.4 Å². The Balaban J connectivity index is 2.72. The number of hydrogen-bond acceptors (Lipinski definition) is 4. The molecule has 0 spiro atoms. The number of rotatable bonds is 4. The fourth-order valence-electron chi connectivity index (χ4n) is 2.27. The van der Waals surface area contributed by atoms with Gasteiger partial charge in [-0.05, 0) is 19.8 Å². The summed E-state index contributed by atoms with van der Waals surface area (Å²) in [5.41, 5.74) is 5.55. The molecule has 0 saturated carbocycles. The number of ether oxygens (including phenoxy) is 1. The highest BCUT2D eigenvalue weighted by Gasteiger charge is 2.37. The van der Waals surface area contributed by atoms with Crippen LogP contribution in [0.25, 0.3) is 0 Å². The second-order valence-electron chi connectivity index (χ2n) is 5.81. The highest BCUT2D eigenvalue weighted by Crippen LogP contribution is 2.22. The SMILES string of the molecule is CCC(C)[C@H](N)C(=O)N1CC(CO)OC(C)(C)C1. The molecule has 1 amide bonds. The van der Waals surface area contributed by atoms with E-state index in [2.05, 4.69) is 0 Å². The second-order valence-corrected chi connectivity index (χ2v) is 5.81. The van der Waals surface area contributed by atoms with Crippen molar-refractivity contribution in [2.75, 3.05) is 19.7 Å². The molecule has 3 N–H and O–H groups in total. The molecule has 5 nitrogen and oxygen atoms in total. The lowest BCUT2D eigenvalue weighted by molar-refractivity contribution is -0.168. The van der Waals surface area contributed by atoms with Gasteiger partial charge >= 0.3 is 0 Å². The molecule has 1 heterocycles. The van der Waals surface area contributed by atoms with Crippen LogP contribution in [-0.2, 0) is 9.53 Å². The molecule has 0 bridgehead atoms. The molecule has 1 saturated heterocycles. The highest BCUT2D eigenvalue weighted by molar-refractivity contribution is 5.82. The first kappa shape index (κ1) is 15.4. The zero-order valence-corrected chi connectivity index (χ0v) is 11.8. The molecule has 1 rings (SSSR count). The van der Waals surface area contributed by atoms with Crippen LogP contribution in [0.2, 0.25) is 0 Å². The number of amides is 1. The number of carbonyl (C=O) groups excluding carboxylic acids is 1. The van der Waals surface area contributed by atoms with Gasteiger partial charge in [0.05, 0.1) is 24.4 Å². The quantitative estimate of drug-likeness (QED) is 0.763. The third-order valence-corrected chi connectivity index (χ3v) is 3.54. The predicted octanol–water partition coefficient (Wildman–Crippen LogP) is 0.358. The Morgan fingerprint density at radius 2 is 2.22 bits per heavy atom. The summed E-state index contributed by atoms with van der Waals surface area (Å²) in [6.07, 6.45) is 0.561. The topological polar surface area (TPSA) is 75.8 Å². The Kier molecular flexibility index (Phi) is 5.13. The summed E-state index contributed by atoms with van der Waals surface area (Å²) in [5.74, 6) is 0.121. The summed E-state index contributed by atoms with van der Waals surface area (Å²) >= 11 is 0. The van der Waals surface area contributed by atoms with Crippen molar-refractivity contribution in [3.05, 3.63) is 0 Å². The van der Waals surface area contributed by atoms with E-state index in [0.29, 0.717) is 13.1 Å². The molecule has 0 radical (unpaired) electrons. The van der Waals surface area contributed by atoms with E-state index in [-0.39, 0.29) is 24.5 Å². The fourth-order valence-corrected chi connectivity index (χ4v) is 2.27. The van der Waals surface area contributed by atoms with E-state index in [9.17, 15) is 9.90 Å². The normalized spacial score (nSPS) is 26.8. The van der Waals surface area contributed by atoms with Crippen LogP contribution >= 0.6 is 0 Å². The minimum atomic E-state index is -0.469. The summed E-state index contributed by atoms with van der Waals surface area (Å²) in [5, 5.41) is 9.22. The van der Waals surface area contributed by atoms with Gasteiger partial charge in [0.25, 0.3) is 0 Å². The number of carbonyl (C=O) groups is 1. The molecule has 2 unspecified atom stereocenters. The van der Waals surface area contributed by atoms with Crippen molar-refractivity contribution in [3.63, 3.8) is 0 Å². The van der Waals surface area contributed by atoms with Gasteiger partial charge in [0.15, 0.2) is 0 Å². The third kappa shape index (κ3) is 3.67. The van der Waals surface area contributed by atoms with Crippen molar-refractivity contribution in [1.82, 2.24) is 4.90 Å². The maximum Gasteiger partial charge on any atom is 0.239 e. The van der Waals surface area contributed by atoms with Gasteiger partial charge in [-0.2, -0.15) is 0 Å². The molecule has 3 atom stereocenters. The van der Waals surface area contributed by atoms with Crippen LogP contribution in [0.5, 0.6) is 0 Å². The Morgan fingerprint density at radius 1 is 1.61 bits per heavy atom. The van der Waals surface area contributed by atoms with Gasteiger partial charge in [-0.25, -0.2) is 0 Å². The Morgan fingerprint density at radius 3 is 2.72 bits per heavy atom. The number of aliphatic hydroxyl groups excluding tert-OH is 1.